The average Bonchev–Trinajstić information content (AvgIpc) is 2.88. The number of hydrogen-bond acceptors (Lipinski definition) is 4. The van der Waals surface area contributed by atoms with Crippen molar-refractivity contribution >= 4 is 22.6 Å². The number of nitrogens with zero attached hydrogens (tertiary/aromatic N) is 2. The zero-order valence-corrected chi connectivity index (χ0v) is 12.1. The second kappa shape index (κ2) is 5.83. The van der Waals surface area contributed by atoms with E-state index in [0.717, 1.165) is 29.6 Å². The van der Waals surface area contributed by atoms with Crippen molar-refractivity contribution in [3.63, 3.8) is 0 Å². The molecule has 2 aromatic rings. The molecule has 0 aliphatic carbocycles. The third-order valence-electron chi connectivity index (χ3n) is 4.07. The molecule has 3 rings (SSSR count). The number of aromatic nitrogens is 2. The first-order chi connectivity index (χ1) is 10.1. The molecule has 1 amide bonds. The Hall–Kier alpha value is -1.92. The summed E-state index contributed by atoms with van der Waals surface area (Å²) in [6.07, 6.45) is 3.44. The van der Waals surface area contributed by atoms with Gasteiger partial charge in [0, 0.05) is 25.9 Å². The summed E-state index contributed by atoms with van der Waals surface area (Å²) in [7, 11) is 1.94. The van der Waals surface area contributed by atoms with Crippen LogP contribution in [-0.4, -0.2) is 34.7 Å². The van der Waals surface area contributed by atoms with Gasteiger partial charge >= 0.3 is 0 Å². The smallest absolute Gasteiger partial charge is 0.241 e. The van der Waals surface area contributed by atoms with Gasteiger partial charge in [0.05, 0.1) is 23.4 Å². The Labute approximate surface area is 123 Å². The molecule has 3 N–H and O–H groups in total. The third kappa shape index (κ3) is 2.91. The molecular formula is C15H20N4O2. The minimum atomic E-state index is -0.492. The predicted octanol–water partition coefficient (Wildman–Crippen LogP) is 1.27. The zero-order chi connectivity index (χ0) is 14.8. The molecule has 1 unspecified atom stereocenters. The van der Waals surface area contributed by atoms with E-state index >= 15 is 0 Å². The number of nitrogens with one attached hydrogen (secondary N) is 1. The fourth-order valence-electron chi connectivity index (χ4n) is 2.73. The summed E-state index contributed by atoms with van der Waals surface area (Å²) in [6.45, 7) is 1.37. The van der Waals surface area contributed by atoms with Crippen molar-refractivity contribution in [2.45, 2.75) is 18.9 Å². The number of nitrogens with two attached hydrogens (primary N) is 1. The number of fused-ring (bicyclic) bond motifs is 1. The molecule has 2 heterocycles. The van der Waals surface area contributed by atoms with E-state index in [-0.39, 0.29) is 11.8 Å². The summed E-state index contributed by atoms with van der Waals surface area (Å²) in [6, 6.07) is 5.19. The van der Waals surface area contributed by atoms with Crippen LogP contribution in [0.25, 0.3) is 11.0 Å². The van der Waals surface area contributed by atoms with Crippen molar-refractivity contribution in [2.75, 3.05) is 18.5 Å². The topological polar surface area (TPSA) is 82.2 Å². The molecule has 0 saturated carbocycles. The summed E-state index contributed by atoms with van der Waals surface area (Å²) in [5, 5.41) is 2.89. The Balaban J connectivity index is 1.70. The van der Waals surface area contributed by atoms with E-state index in [1.54, 1.807) is 6.33 Å². The number of imidazole rings is 1. The van der Waals surface area contributed by atoms with Crippen molar-refractivity contribution in [1.29, 1.82) is 0 Å². The van der Waals surface area contributed by atoms with Gasteiger partial charge < -0.3 is 20.4 Å². The lowest BCUT2D eigenvalue weighted by Crippen LogP contribution is -2.43. The summed E-state index contributed by atoms with van der Waals surface area (Å²) in [5.74, 6) is 0.0505. The Morgan fingerprint density at radius 2 is 2.24 bits per heavy atom. The van der Waals surface area contributed by atoms with Gasteiger partial charge in [-0.3, -0.25) is 4.79 Å². The molecular weight excluding hydrogens is 268 g/mol. The predicted molar refractivity (Wildman–Crippen MR) is 80.9 cm³/mol. The van der Waals surface area contributed by atoms with E-state index in [9.17, 15) is 4.79 Å². The first-order valence-electron chi connectivity index (χ1n) is 7.20. The van der Waals surface area contributed by atoms with Crippen LogP contribution in [-0.2, 0) is 16.6 Å². The highest BCUT2D eigenvalue weighted by molar-refractivity contribution is 5.96. The zero-order valence-electron chi connectivity index (χ0n) is 12.1. The lowest BCUT2D eigenvalue weighted by molar-refractivity contribution is -0.119. The number of benzene rings is 1. The highest BCUT2D eigenvalue weighted by Crippen LogP contribution is 2.20. The quantitative estimate of drug-likeness (QED) is 0.891. The van der Waals surface area contributed by atoms with Crippen LogP contribution >= 0.6 is 0 Å². The second-order valence-electron chi connectivity index (χ2n) is 5.52. The van der Waals surface area contributed by atoms with Gasteiger partial charge in [-0.25, -0.2) is 4.98 Å². The van der Waals surface area contributed by atoms with Gasteiger partial charge in [0.15, 0.2) is 0 Å². The maximum absolute atomic E-state index is 12.3. The lowest BCUT2D eigenvalue weighted by atomic mass is 9.92. The summed E-state index contributed by atoms with van der Waals surface area (Å²) in [5.41, 5.74) is 8.69. The average molecular weight is 288 g/mol. The first kappa shape index (κ1) is 14.0. The van der Waals surface area contributed by atoms with Crippen molar-refractivity contribution in [1.82, 2.24) is 9.55 Å². The Morgan fingerprint density at radius 3 is 3.00 bits per heavy atom. The number of ether oxygens (including phenoxy) is 1. The molecule has 0 bridgehead atoms. The lowest BCUT2D eigenvalue weighted by Gasteiger charge is -2.26. The molecule has 1 aliphatic heterocycles. The number of carbonyl (C=O) groups excluding carboxylic acids is 1. The molecule has 6 nitrogen and oxygen atoms in total. The summed E-state index contributed by atoms with van der Waals surface area (Å²) in [4.78, 5) is 16.5. The first-order valence-corrected chi connectivity index (χ1v) is 7.20. The van der Waals surface area contributed by atoms with Gasteiger partial charge in [-0.05, 0) is 37.0 Å². The minimum absolute atomic E-state index is 0.141. The Kier molecular flexibility index (Phi) is 3.90. The van der Waals surface area contributed by atoms with Crippen LogP contribution in [0, 0.1) is 5.92 Å². The van der Waals surface area contributed by atoms with E-state index in [1.807, 2.05) is 29.8 Å². The van der Waals surface area contributed by atoms with Crippen molar-refractivity contribution in [3.05, 3.63) is 24.5 Å². The molecule has 1 aliphatic rings. The minimum Gasteiger partial charge on any atom is -0.381 e. The number of carbonyl (C=O) groups is 1. The van der Waals surface area contributed by atoms with Gasteiger partial charge in [0.2, 0.25) is 5.91 Å². The molecule has 6 heteroatoms. The summed E-state index contributed by atoms with van der Waals surface area (Å²) >= 11 is 0. The highest BCUT2D eigenvalue weighted by Gasteiger charge is 2.26. The Morgan fingerprint density at radius 1 is 1.48 bits per heavy atom. The fraction of sp³-hybridized carbons (Fsp3) is 0.467. The molecule has 1 aromatic heterocycles. The molecule has 0 spiro atoms. The van der Waals surface area contributed by atoms with E-state index in [0.29, 0.717) is 13.2 Å². The van der Waals surface area contributed by atoms with Gasteiger partial charge in [-0.15, -0.1) is 0 Å². The number of amides is 1. The molecule has 21 heavy (non-hydrogen) atoms. The normalized spacial score (nSPS) is 17.8. The van der Waals surface area contributed by atoms with Crippen LogP contribution in [0.3, 0.4) is 0 Å². The van der Waals surface area contributed by atoms with E-state index in [2.05, 4.69) is 10.3 Å². The van der Waals surface area contributed by atoms with Crippen molar-refractivity contribution in [3.8, 4) is 0 Å². The standard InChI is InChI=1S/C15H20N4O2/c1-19-9-17-12-8-11(2-3-13(12)19)18-15(20)14(16)10-4-6-21-7-5-10/h2-3,8-10,14H,4-7,16H2,1H3,(H,18,20). The highest BCUT2D eigenvalue weighted by atomic mass is 16.5. The van der Waals surface area contributed by atoms with Crippen LogP contribution < -0.4 is 11.1 Å². The largest absolute Gasteiger partial charge is 0.381 e. The number of hydrogen-bond donors (Lipinski definition) is 2. The van der Waals surface area contributed by atoms with Gasteiger partial charge in [0.1, 0.15) is 0 Å². The van der Waals surface area contributed by atoms with Crippen LogP contribution in [0.4, 0.5) is 5.69 Å². The maximum atomic E-state index is 12.3. The van der Waals surface area contributed by atoms with Crippen LogP contribution in [0.15, 0.2) is 24.5 Å². The van der Waals surface area contributed by atoms with Crippen molar-refractivity contribution < 1.29 is 9.53 Å². The molecule has 1 aromatic carbocycles. The molecule has 0 radical (unpaired) electrons. The number of anilines is 1. The van der Waals surface area contributed by atoms with Crippen LogP contribution in [0.1, 0.15) is 12.8 Å². The monoisotopic (exact) mass is 288 g/mol. The van der Waals surface area contributed by atoms with Crippen molar-refractivity contribution in [2.24, 2.45) is 18.7 Å². The molecule has 1 saturated heterocycles. The molecule has 112 valence electrons. The molecule has 1 atom stereocenters. The van der Waals surface area contributed by atoms with E-state index in [4.69, 9.17) is 10.5 Å². The third-order valence-corrected chi connectivity index (χ3v) is 4.07. The van der Waals surface area contributed by atoms with Gasteiger partial charge in [0.25, 0.3) is 0 Å². The van der Waals surface area contributed by atoms with Gasteiger partial charge in [-0.1, -0.05) is 0 Å². The van der Waals surface area contributed by atoms with Crippen LogP contribution in [0.5, 0.6) is 0 Å². The van der Waals surface area contributed by atoms with Gasteiger partial charge in [-0.2, -0.15) is 0 Å². The fourth-order valence-corrected chi connectivity index (χ4v) is 2.73. The van der Waals surface area contributed by atoms with E-state index < -0.39 is 6.04 Å². The number of aryl methyl sites for hydroxylation is 1. The number of rotatable bonds is 3. The molecule has 1 fully saturated rings. The Bertz CT molecular complexity index is 646. The SMILES string of the molecule is Cn1cnc2cc(NC(=O)C(N)C3CCOCC3)ccc21. The van der Waals surface area contributed by atoms with Crippen LogP contribution in [0.2, 0.25) is 0 Å². The van der Waals surface area contributed by atoms with E-state index in [1.165, 1.54) is 0 Å². The summed E-state index contributed by atoms with van der Waals surface area (Å²) < 4.78 is 7.24. The second-order valence-corrected chi connectivity index (χ2v) is 5.52. The maximum Gasteiger partial charge on any atom is 0.241 e.